The number of carbonyl (C=O) groups is 2. The lowest BCUT2D eigenvalue weighted by Crippen LogP contribution is -2.16. The second-order valence-corrected chi connectivity index (χ2v) is 6.99. The van der Waals surface area contributed by atoms with E-state index in [0.717, 1.165) is 5.56 Å². The molecule has 7 heteroatoms. The van der Waals surface area contributed by atoms with Crippen LogP contribution in [0.15, 0.2) is 78.4 Å². The zero-order valence-electron chi connectivity index (χ0n) is 17.2. The number of benzene rings is 3. The van der Waals surface area contributed by atoms with E-state index in [9.17, 15) is 14.9 Å². The molecular formula is C25H19ClN2O4. The van der Waals surface area contributed by atoms with Gasteiger partial charge in [-0.2, -0.15) is 5.26 Å². The highest BCUT2D eigenvalue weighted by Crippen LogP contribution is 2.25. The number of nitrogens with one attached hydrogen (secondary N) is 1. The molecule has 0 aromatic heterocycles. The van der Waals surface area contributed by atoms with Crippen molar-refractivity contribution in [3.05, 3.63) is 100 Å². The Morgan fingerprint density at radius 1 is 1.03 bits per heavy atom. The maximum absolute atomic E-state index is 12.7. The standard InChI is InChI=1S/C25H19ClN2O4/c1-31-25(30)20-10-4-6-12-22(20)28-24(29)19(15-27)14-17-8-3-7-13-23(17)32-16-18-9-2-5-11-21(18)26/h2-14H,16H2,1H3,(H,28,29)/b19-14+. The number of halogens is 1. The summed E-state index contributed by atoms with van der Waals surface area (Å²) >= 11 is 6.18. The summed E-state index contributed by atoms with van der Waals surface area (Å²) in [6, 6.07) is 22.6. The minimum atomic E-state index is -0.662. The SMILES string of the molecule is COC(=O)c1ccccc1NC(=O)/C(C#N)=C/c1ccccc1OCc1ccccc1Cl. The maximum Gasteiger partial charge on any atom is 0.339 e. The minimum absolute atomic E-state index is 0.154. The van der Waals surface area contributed by atoms with Crippen LogP contribution in [-0.2, 0) is 16.1 Å². The van der Waals surface area contributed by atoms with Crippen molar-refractivity contribution in [2.24, 2.45) is 0 Å². The van der Waals surface area contributed by atoms with Crippen molar-refractivity contribution in [2.75, 3.05) is 12.4 Å². The summed E-state index contributed by atoms with van der Waals surface area (Å²) in [5.74, 6) is -0.769. The van der Waals surface area contributed by atoms with Crippen LogP contribution in [0.25, 0.3) is 6.08 Å². The average Bonchev–Trinajstić information content (AvgIpc) is 2.82. The lowest BCUT2D eigenvalue weighted by molar-refractivity contribution is -0.112. The van der Waals surface area contributed by atoms with Gasteiger partial charge in [0.2, 0.25) is 0 Å². The number of para-hydroxylation sites is 2. The van der Waals surface area contributed by atoms with E-state index >= 15 is 0 Å². The molecule has 0 heterocycles. The normalized spacial score (nSPS) is 10.7. The first-order chi connectivity index (χ1) is 15.5. The Morgan fingerprint density at radius 2 is 1.72 bits per heavy atom. The Morgan fingerprint density at radius 3 is 2.47 bits per heavy atom. The molecule has 0 spiro atoms. The van der Waals surface area contributed by atoms with E-state index in [4.69, 9.17) is 21.1 Å². The highest BCUT2D eigenvalue weighted by Gasteiger charge is 2.16. The molecule has 3 rings (SSSR count). The van der Waals surface area contributed by atoms with Crippen molar-refractivity contribution >= 4 is 35.2 Å². The monoisotopic (exact) mass is 446 g/mol. The Balaban J connectivity index is 1.83. The summed E-state index contributed by atoms with van der Waals surface area (Å²) in [5, 5.41) is 12.7. The number of nitrogens with zero attached hydrogens (tertiary/aromatic N) is 1. The molecule has 6 nitrogen and oxygen atoms in total. The number of anilines is 1. The third kappa shape index (κ3) is 5.54. The summed E-state index contributed by atoms with van der Waals surface area (Å²) in [6.07, 6.45) is 1.43. The van der Waals surface area contributed by atoms with E-state index in [-0.39, 0.29) is 23.4 Å². The number of ether oxygens (including phenoxy) is 2. The van der Waals surface area contributed by atoms with Crippen LogP contribution in [0.5, 0.6) is 5.75 Å². The van der Waals surface area contributed by atoms with E-state index in [1.165, 1.54) is 19.3 Å². The highest BCUT2D eigenvalue weighted by molar-refractivity contribution is 6.31. The van der Waals surface area contributed by atoms with Crippen molar-refractivity contribution in [1.82, 2.24) is 0 Å². The molecule has 0 atom stereocenters. The molecular weight excluding hydrogens is 428 g/mol. The molecule has 0 aliphatic rings. The summed E-state index contributed by atoms with van der Waals surface area (Å²) in [4.78, 5) is 24.7. The molecule has 0 unspecified atom stereocenters. The molecule has 32 heavy (non-hydrogen) atoms. The fourth-order valence-electron chi connectivity index (χ4n) is 2.88. The maximum atomic E-state index is 12.7. The number of nitriles is 1. The average molecular weight is 447 g/mol. The number of rotatable bonds is 7. The van der Waals surface area contributed by atoms with Crippen molar-refractivity contribution in [2.45, 2.75) is 6.61 Å². The first-order valence-corrected chi connectivity index (χ1v) is 9.97. The fraction of sp³-hybridized carbons (Fsp3) is 0.0800. The van der Waals surface area contributed by atoms with Gasteiger partial charge in [0.15, 0.2) is 0 Å². The molecule has 1 N–H and O–H groups in total. The van der Waals surface area contributed by atoms with Crippen molar-refractivity contribution in [1.29, 1.82) is 5.26 Å². The van der Waals surface area contributed by atoms with Crippen LogP contribution in [0, 0.1) is 11.3 Å². The highest BCUT2D eigenvalue weighted by atomic mass is 35.5. The van der Waals surface area contributed by atoms with E-state index in [0.29, 0.717) is 16.3 Å². The van der Waals surface area contributed by atoms with Crippen molar-refractivity contribution < 1.29 is 19.1 Å². The molecule has 3 aromatic rings. The Kier molecular flexibility index (Phi) is 7.63. The molecule has 3 aromatic carbocycles. The molecule has 160 valence electrons. The van der Waals surface area contributed by atoms with Gasteiger partial charge < -0.3 is 14.8 Å². The van der Waals surface area contributed by atoms with Gasteiger partial charge in [0, 0.05) is 16.1 Å². The van der Waals surface area contributed by atoms with E-state index in [1.54, 1.807) is 48.5 Å². The fourth-order valence-corrected chi connectivity index (χ4v) is 3.07. The number of esters is 1. The summed E-state index contributed by atoms with van der Waals surface area (Å²) in [6.45, 7) is 0.227. The van der Waals surface area contributed by atoms with Crippen LogP contribution in [0.2, 0.25) is 5.02 Å². The Labute approximate surface area is 190 Å². The van der Waals surface area contributed by atoms with Crippen LogP contribution < -0.4 is 10.1 Å². The second kappa shape index (κ2) is 10.8. The third-order valence-corrected chi connectivity index (χ3v) is 4.87. The lowest BCUT2D eigenvalue weighted by atomic mass is 10.1. The van der Waals surface area contributed by atoms with E-state index in [2.05, 4.69) is 5.32 Å². The first kappa shape index (κ1) is 22.6. The smallest absolute Gasteiger partial charge is 0.339 e. The van der Waals surface area contributed by atoms with E-state index in [1.807, 2.05) is 24.3 Å². The predicted octanol–water partition coefficient (Wildman–Crippen LogP) is 5.25. The predicted molar refractivity (Wildman–Crippen MR) is 122 cm³/mol. The van der Waals surface area contributed by atoms with Gasteiger partial charge in [-0.15, -0.1) is 0 Å². The van der Waals surface area contributed by atoms with Crippen LogP contribution >= 0.6 is 11.6 Å². The summed E-state index contributed by atoms with van der Waals surface area (Å²) < 4.78 is 10.6. The second-order valence-electron chi connectivity index (χ2n) is 6.58. The number of hydrogen-bond donors (Lipinski definition) is 1. The van der Waals surface area contributed by atoms with Gasteiger partial charge in [-0.1, -0.05) is 60.1 Å². The van der Waals surface area contributed by atoms with Crippen molar-refractivity contribution in [3.8, 4) is 11.8 Å². The Hall–Kier alpha value is -4.08. The topological polar surface area (TPSA) is 88.4 Å². The van der Waals surface area contributed by atoms with Gasteiger partial charge in [-0.25, -0.2) is 4.79 Å². The summed E-state index contributed by atoms with van der Waals surface area (Å²) in [7, 11) is 1.25. The van der Waals surface area contributed by atoms with E-state index < -0.39 is 11.9 Å². The number of amides is 1. The van der Waals surface area contributed by atoms with Crippen LogP contribution in [0.3, 0.4) is 0 Å². The van der Waals surface area contributed by atoms with Gasteiger partial charge in [0.05, 0.1) is 18.4 Å². The molecule has 0 saturated heterocycles. The molecule has 0 radical (unpaired) electrons. The Bertz CT molecular complexity index is 1210. The molecule has 0 aliphatic heterocycles. The first-order valence-electron chi connectivity index (χ1n) is 9.59. The number of methoxy groups -OCH3 is 1. The largest absolute Gasteiger partial charge is 0.488 e. The molecule has 1 amide bonds. The van der Waals surface area contributed by atoms with Crippen LogP contribution in [0.4, 0.5) is 5.69 Å². The lowest BCUT2D eigenvalue weighted by Gasteiger charge is -2.11. The van der Waals surface area contributed by atoms with Gasteiger partial charge in [0.25, 0.3) is 5.91 Å². The zero-order valence-corrected chi connectivity index (χ0v) is 17.9. The third-order valence-electron chi connectivity index (χ3n) is 4.51. The van der Waals surface area contributed by atoms with Gasteiger partial charge in [-0.3, -0.25) is 4.79 Å². The van der Waals surface area contributed by atoms with Gasteiger partial charge in [-0.05, 0) is 30.3 Å². The quantitative estimate of drug-likeness (QED) is 0.304. The molecule has 0 saturated carbocycles. The number of hydrogen-bond acceptors (Lipinski definition) is 5. The zero-order chi connectivity index (χ0) is 22.9. The molecule has 0 bridgehead atoms. The van der Waals surface area contributed by atoms with Crippen molar-refractivity contribution in [3.63, 3.8) is 0 Å². The van der Waals surface area contributed by atoms with Gasteiger partial charge >= 0.3 is 5.97 Å². The number of carbonyl (C=O) groups excluding carboxylic acids is 2. The molecule has 0 aliphatic carbocycles. The molecule has 0 fully saturated rings. The summed E-state index contributed by atoms with van der Waals surface area (Å²) in [5.41, 5.74) is 1.63. The van der Waals surface area contributed by atoms with Crippen LogP contribution in [-0.4, -0.2) is 19.0 Å². The van der Waals surface area contributed by atoms with Gasteiger partial charge in [0.1, 0.15) is 24.0 Å². The van der Waals surface area contributed by atoms with Crippen LogP contribution in [0.1, 0.15) is 21.5 Å². The minimum Gasteiger partial charge on any atom is -0.488 e.